The molecular formula is C19H26N4OS. The summed E-state index contributed by atoms with van der Waals surface area (Å²) in [6.07, 6.45) is 6.21. The fraction of sp³-hybridized carbons (Fsp3) is 0.579. The minimum absolute atomic E-state index is 0.206. The third-order valence-electron chi connectivity index (χ3n) is 5.48. The SMILES string of the molecule is c1ccc(-c2nsc(NCC3(N4CCCCC4)CCOCC3)n2)cc1. The van der Waals surface area contributed by atoms with Crippen LogP contribution in [0, 0.1) is 0 Å². The molecule has 4 rings (SSSR count). The van der Waals surface area contributed by atoms with E-state index < -0.39 is 0 Å². The first-order valence-electron chi connectivity index (χ1n) is 9.32. The van der Waals surface area contributed by atoms with Crippen LogP contribution in [0.3, 0.4) is 0 Å². The summed E-state index contributed by atoms with van der Waals surface area (Å²) in [5, 5.41) is 4.51. The Labute approximate surface area is 153 Å². The van der Waals surface area contributed by atoms with E-state index in [9.17, 15) is 0 Å². The maximum Gasteiger partial charge on any atom is 0.202 e. The molecule has 1 aromatic carbocycles. The molecule has 2 aliphatic heterocycles. The van der Waals surface area contributed by atoms with E-state index in [0.717, 1.165) is 49.1 Å². The maximum atomic E-state index is 5.65. The second-order valence-electron chi connectivity index (χ2n) is 7.03. The summed E-state index contributed by atoms with van der Waals surface area (Å²) in [6.45, 7) is 5.09. The zero-order valence-electron chi connectivity index (χ0n) is 14.6. The average Bonchev–Trinajstić information content (AvgIpc) is 3.18. The summed E-state index contributed by atoms with van der Waals surface area (Å²) < 4.78 is 10.2. The molecule has 0 bridgehead atoms. The van der Waals surface area contributed by atoms with Gasteiger partial charge in [0.05, 0.1) is 0 Å². The second kappa shape index (κ2) is 7.81. The van der Waals surface area contributed by atoms with Crippen LogP contribution in [0.4, 0.5) is 5.13 Å². The molecule has 25 heavy (non-hydrogen) atoms. The van der Waals surface area contributed by atoms with Crippen LogP contribution in [-0.4, -0.2) is 52.6 Å². The predicted octanol–water partition coefficient (Wildman–Crippen LogP) is 3.65. The molecule has 1 aromatic heterocycles. The molecule has 2 aliphatic rings. The lowest BCUT2D eigenvalue weighted by atomic mass is 9.86. The average molecular weight is 359 g/mol. The van der Waals surface area contributed by atoms with Crippen LogP contribution in [0.2, 0.25) is 0 Å². The van der Waals surface area contributed by atoms with E-state index in [4.69, 9.17) is 4.74 Å². The van der Waals surface area contributed by atoms with Crippen LogP contribution in [0.1, 0.15) is 32.1 Å². The van der Waals surface area contributed by atoms with Crippen LogP contribution in [0.15, 0.2) is 30.3 Å². The normalized spacial score (nSPS) is 21.1. The number of ether oxygens (including phenoxy) is 1. The first-order valence-corrected chi connectivity index (χ1v) is 10.1. The molecule has 2 fully saturated rings. The van der Waals surface area contributed by atoms with Crippen LogP contribution in [-0.2, 0) is 4.74 Å². The molecule has 2 aromatic rings. The lowest BCUT2D eigenvalue weighted by Crippen LogP contribution is -2.57. The molecule has 0 saturated carbocycles. The first kappa shape index (κ1) is 16.9. The highest BCUT2D eigenvalue weighted by Gasteiger charge is 2.38. The Morgan fingerprint density at radius 3 is 2.60 bits per heavy atom. The Kier molecular flexibility index (Phi) is 5.29. The molecule has 0 aliphatic carbocycles. The van der Waals surface area contributed by atoms with Crippen molar-refractivity contribution < 1.29 is 4.74 Å². The number of rotatable bonds is 5. The van der Waals surface area contributed by atoms with E-state index in [0.29, 0.717) is 0 Å². The molecule has 0 atom stereocenters. The van der Waals surface area contributed by atoms with Crippen molar-refractivity contribution >= 4 is 16.7 Å². The van der Waals surface area contributed by atoms with Crippen molar-refractivity contribution in [2.75, 3.05) is 38.2 Å². The van der Waals surface area contributed by atoms with Gasteiger partial charge in [0.25, 0.3) is 0 Å². The van der Waals surface area contributed by atoms with E-state index in [2.05, 4.69) is 31.7 Å². The zero-order chi connectivity index (χ0) is 17.0. The molecule has 134 valence electrons. The van der Waals surface area contributed by atoms with Gasteiger partial charge in [-0.25, -0.2) is 0 Å². The second-order valence-corrected chi connectivity index (χ2v) is 7.78. The van der Waals surface area contributed by atoms with Crippen molar-refractivity contribution in [1.82, 2.24) is 14.3 Å². The van der Waals surface area contributed by atoms with Gasteiger partial charge in [0.2, 0.25) is 5.13 Å². The van der Waals surface area contributed by atoms with Crippen LogP contribution >= 0.6 is 11.5 Å². The Bertz CT molecular complexity index is 663. The van der Waals surface area contributed by atoms with Crippen molar-refractivity contribution in [3.63, 3.8) is 0 Å². The number of benzene rings is 1. The topological polar surface area (TPSA) is 50.3 Å². The highest BCUT2D eigenvalue weighted by atomic mass is 32.1. The van der Waals surface area contributed by atoms with Gasteiger partial charge in [0.1, 0.15) is 0 Å². The summed E-state index contributed by atoms with van der Waals surface area (Å²) in [6, 6.07) is 10.2. The van der Waals surface area contributed by atoms with E-state index in [1.807, 2.05) is 18.2 Å². The molecule has 0 radical (unpaired) electrons. The number of nitrogens with zero attached hydrogens (tertiary/aromatic N) is 3. The van der Waals surface area contributed by atoms with Crippen LogP contribution in [0.5, 0.6) is 0 Å². The first-order chi connectivity index (χ1) is 12.4. The minimum Gasteiger partial charge on any atom is -0.381 e. The van der Waals surface area contributed by atoms with E-state index in [1.54, 1.807) is 0 Å². The summed E-state index contributed by atoms with van der Waals surface area (Å²) in [7, 11) is 0. The number of anilines is 1. The molecule has 0 unspecified atom stereocenters. The lowest BCUT2D eigenvalue weighted by Gasteiger charge is -2.48. The van der Waals surface area contributed by atoms with Gasteiger partial charge in [-0.1, -0.05) is 36.8 Å². The minimum atomic E-state index is 0.206. The smallest absolute Gasteiger partial charge is 0.202 e. The summed E-state index contributed by atoms with van der Waals surface area (Å²) in [5.41, 5.74) is 1.28. The lowest BCUT2D eigenvalue weighted by molar-refractivity contribution is -0.0293. The van der Waals surface area contributed by atoms with Gasteiger partial charge in [-0.15, -0.1) is 0 Å². The third kappa shape index (κ3) is 3.86. The van der Waals surface area contributed by atoms with Gasteiger partial charge < -0.3 is 10.1 Å². The molecular weight excluding hydrogens is 332 g/mol. The van der Waals surface area contributed by atoms with Crippen molar-refractivity contribution in [1.29, 1.82) is 0 Å². The molecule has 2 saturated heterocycles. The highest BCUT2D eigenvalue weighted by molar-refractivity contribution is 7.09. The van der Waals surface area contributed by atoms with Crippen molar-refractivity contribution in [2.24, 2.45) is 0 Å². The summed E-state index contributed by atoms with van der Waals surface area (Å²) in [4.78, 5) is 7.39. The Balaban J connectivity index is 1.45. The number of likely N-dealkylation sites (tertiary alicyclic amines) is 1. The molecule has 0 amide bonds. The number of nitrogens with one attached hydrogen (secondary N) is 1. The molecule has 6 heteroatoms. The molecule has 1 N–H and O–H groups in total. The van der Waals surface area contributed by atoms with Crippen molar-refractivity contribution in [3.8, 4) is 11.4 Å². The van der Waals surface area contributed by atoms with Crippen LogP contribution in [0.25, 0.3) is 11.4 Å². The van der Waals surface area contributed by atoms with Crippen molar-refractivity contribution in [3.05, 3.63) is 30.3 Å². The highest BCUT2D eigenvalue weighted by Crippen LogP contribution is 2.31. The van der Waals surface area contributed by atoms with Crippen molar-refractivity contribution in [2.45, 2.75) is 37.6 Å². The summed E-state index contributed by atoms with van der Waals surface area (Å²) in [5.74, 6) is 0.812. The Morgan fingerprint density at radius 1 is 1.08 bits per heavy atom. The van der Waals surface area contributed by atoms with Gasteiger partial charge in [0, 0.05) is 42.4 Å². The largest absolute Gasteiger partial charge is 0.381 e. The quantitative estimate of drug-likeness (QED) is 0.884. The Hall–Kier alpha value is -1.50. The maximum absolute atomic E-state index is 5.65. The number of piperidine rings is 1. The van der Waals surface area contributed by atoms with Gasteiger partial charge >= 0.3 is 0 Å². The van der Waals surface area contributed by atoms with Gasteiger partial charge in [-0.05, 0) is 38.8 Å². The molecule has 0 spiro atoms. The fourth-order valence-electron chi connectivity index (χ4n) is 3.96. The van der Waals surface area contributed by atoms with Gasteiger partial charge in [0.15, 0.2) is 5.82 Å². The number of hydrogen-bond acceptors (Lipinski definition) is 6. The third-order valence-corrected chi connectivity index (χ3v) is 6.15. The number of hydrogen-bond donors (Lipinski definition) is 1. The van der Waals surface area contributed by atoms with Gasteiger partial charge in [-0.2, -0.15) is 9.36 Å². The van der Waals surface area contributed by atoms with Gasteiger partial charge in [-0.3, -0.25) is 4.90 Å². The standard InChI is InChI=1S/C19H26N4OS/c1-3-7-16(8-4-1)17-21-18(25-22-17)20-15-19(9-13-24-14-10-19)23-11-5-2-6-12-23/h1,3-4,7-8H,2,5-6,9-15H2,(H,20,21,22). The fourth-order valence-corrected chi connectivity index (χ4v) is 4.55. The van der Waals surface area contributed by atoms with E-state index in [-0.39, 0.29) is 5.54 Å². The predicted molar refractivity (Wildman–Crippen MR) is 102 cm³/mol. The molecule has 3 heterocycles. The zero-order valence-corrected chi connectivity index (χ0v) is 15.4. The van der Waals surface area contributed by atoms with E-state index in [1.165, 1.54) is 43.9 Å². The Morgan fingerprint density at radius 2 is 1.84 bits per heavy atom. The molecule has 5 nitrogen and oxygen atoms in total. The van der Waals surface area contributed by atoms with E-state index >= 15 is 0 Å². The number of aromatic nitrogens is 2. The summed E-state index contributed by atoms with van der Waals surface area (Å²) >= 11 is 1.46. The van der Waals surface area contributed by atoms with Crippen LogP contribution < -0.4 is 5.32 Å². The monoisotopic (exact) mass is 358 g/mol.